The van der Waals surface area contributed by atoms with E-state index in [0.29, 0.717) is 0 Å². The van der Waals surface area contributed by atoms with Crippen LogP contribution in [-0.2, 0) is 0 Å². The van der Waals surface area contributed by atoms with Gasteiger partial charge in [-0.05, 0) is 48.1 Å². The maximum atomic E-state index is 2.34. The van der Waals surface area contributed by atoms with Crippen molar-refractivity contribution < 1.29 is 2.85 Å². The second-order valence-electron chi connectivity index (χ2n) is 2.25. The fourth-order valence-electron chi connectivity index (χ4n) is 0.795. The number of benzene rings is 1. The van der Waals surface area contributed by atoms with Crippen molar-refractivity contribution in [1.29, 1.82) is 0 Å². The molecule has 0 aromatic heterocycles. The van der Waals surface area contributed by atoms with E-state index in [1.54, 1.807) is 0 Å². The molecule has 2 heteroatoms. The van der Waals surface area contributed by atoms with E-state index < -0.39 is 0 Å². The third-order valence-electron chi connectivity index (χ3n) is 1.31. The summed E-state index contributed by atoms with van der Waals surface area (Å²) < 4.78 is 1.35. The van der Waals surface area contributed by atoms with Gasteiger partial charge in [0.1, 0.15) is 0 Å². The van der Waals surface area contributed by atoms with Gasteiger partial charge in [0.05, 0.1) is 0 Å². The first-order valence-electron chi connectivity index (χ1n) is 2.93. The Morgan fingerprint density at radius 3 is 2.30 bits per heavy atom. The van der Waals surface area contributed by atoms with Crippen LogP contribution in [0, 0.1) is 17.4 Å². The van der Waals surface area contributed by atoms with Crippen molar-refractivity contribution in [3.63, 3.8) is 0 Å². The van der Waals surface area contributed by atoms with Crippen LogP contribution in [0.15, 0.2) is 18.2 Å². The first-order chi connectivity index (χ1) is 4.20. The molecule has 1 aromatic carbocycles. The van der Waals surface area contributed by atoms with Crippen LogP contribution < -0.4 is 0 Å². The molecule has 0 saturated carbocycles. The molecule has 1 rings (SSSR count). The zero-order chi connectivity index (χ0) is 6.85. The summed E-state index contributed by atoms with van der Waals surface area (Å²) in [6.45, 7) is 4.25. The Morgan fingerprint density at radius 2 is 1.90 bits per heavy atom. The van der Waals surface area contributed by atoms with Crippen LogP contribution in [-0.4, -0.2) is 23.1 Å². The van der Waals surface area contributed by atoms with E-state index in [4.69, 9.17) is 0 Å². The average Bonchev–Trinajstić information content (AvgIpc) is 1.80. The van der Waals surface area contributed by atoms with E-state index in [2.05, 4.69) is 54.6 Å². The van der Waals surface area contributed by atoms with Crippen molar-refractivity contribution >= 4 is 45.6 Å². The van der Waals surface area contributed by atoms with Gasteiger partial charge in [-0.3, -0.25) is 0 Å². The maximum absolute atomic E-state index is 2.34. The molecule has 0 saturated heterocycles. The van der Waals surface area contributed by atoms with Crippen molar-refractivity contribution in [2.24, 2.45) is 0 Å². The standard InChI is InChI=1S/C8H9I.Mg.2H/c1-6-3-4-8(9)7(2)5-6;;;/h3-5H,1-2H3;;;/q;+2;2*-1. The van der Waals surface area contributed by atoms with Crippen LogP contribution in [0.3, 0.4) is 0 Å². The van der Waals surface area contributed by atoms with Crippen LogP contribution >= 0.6 is 22.6 Å². The maximum Gasteiger partial charge on any atom is 2.00 e. The van der Waals surface area contributed by atoms with Gasteiger partial charge in [-0.2, -0.15) is 0 Å². The fourth-order valence-corrected chi connectivity index (χ4v) is 1.13. The Hall–Kier alpha value is 0.716. The number of hydrogen-bond acceptors (Lipinski definition) is 0. The van der Waals surface area contributed by atoms with Crippen LogP contribution in [0.2, 0.25) is 0 Å². The molecule has 0 bridgehead atoms. The molecule has 0 atom stereocenters. The minimum atomic E-state index is 0. The Bertz CT molecular complexity index is 228. The predicted octanol–water partition coefficient (Wildman–Crippen LogP) is 2.75. The second kappa shape index (κ2) is 4.56. The predicted molar refractivity (Wildman–Crippen MR) is 56.6 cm³/mol. The van der Waals surface area contributed by atoms with Crippen LogP contribution in [0.25, 0.3) is 0 Å². The third kappa shape index (κ3) is 2.76. The summed E-state index contributed by atoms with van der Waals surface area (Å²) in [5.74, 6) is 0. The van der Waals surface area contributed by atoms with Gasteiger partial charge in [-0.25, -0.2) is 0 Å². The second-order valence-corrected chi connectivity index (χ2v) is 3.41. The van der Waals surface area contributed by atoms with Crippen LogP contribution in [0.5, 0.6) is 0 Å². The van der Waals surface area contributed by atoms with E-state index in [1.807, 2.05) is 0 Å². The van der Waals surface area contributed by atoms with Crippen molar-refractivity contribution in [3.05, 3.63) is 32.9 Å². The SMILES string of the molecule is Cc1ccc(I)c(C)c1.[H-].[H-].[Mg+2]. The summed E-state index contributed by atoms with van der Waals surface area (Å²) in [5.41, 5.74) is 2.71. The molecule has 52 valence electrons. The average molecular weight is 258 g/mol. The molecule has 0 fully saturated rings. The summed E-state index contributed by atoms with van der Waals surface area (Å²) in [7, 11) is 0. The Labute approximate surface area is 94.7 Å². The largest absolute Gasteiger partial charge is 2.00 e. The Morgan fingerprint density at radius 1 is 1.30 bits per heavy atom. The van der Waals surface area contributed by atoms with E-state index in [9.17, 15) is 0 Å². The van der Waals surface area contributed by atoms with Crippen LogP contribution in [0.4, 0.5) is 0 Å². The normalized spacial score (nSPS) is 8.70. The van der Waals surface area contributed by atoms with Crippen molar-refractivity contribution in [3.8, 4) is 0 Å². The summed E-state index contributed by atoms with van der Waals surface area (Å²) in [6.07, 6.45) is 0. The molecule has 0 radical (unpaired) electrons. The van der Waals surface area contributed by atoms with Gasteiger partial charge in [0.25, 0.3) is 0 Å². The molecule has 10 heavy (non-hydrogen) atoms. The molecule has 0 N–H and O–H groups in total. The van der Waals surface area contributed by atoms with Crippen LogP contribution in [0.1, 0.15) is 14.0 Å². The fraction of sp³-hybridized carbons (Fsp3) is 0.250. The Balaban J connectivity index is -0.000000270. The Kier molecular flexibility index (Phi) is 4.89. The third-order valence-corrected chi connectivity index (χ3v) is 2.52. The van der Waals surface area contributed by atoms with E-state index >= 15 is 0 Å². The number of halogens is 1. The van der Waals surface area contributed by atoms with E-state index in [-0.39, 0.29) is 25.9 Å². The topological polar surface area (TPSA) is 0 Å². The summed E-state index contributed by atoms with van der Waals surface area (Å²) in [4.78, 5) is 0. The first-order valence-corrected chi connectivity index (χ1v) is 4.01. The van der Waals surface area contributed by atoms with Crippen molar-refractivity contribution in [2.75, 3.05) is 0 Å². The molecule has 0 spiro atoms. The van der Waals surface area contributed by atoms with Gasteiger partial charge < -0.3 is 2.85 Å². The van der Waals surface area contributed by atoms with Gasteiger partial charge in [0.15, 0.2) is 0 Å². The van der Waals surface area contributed by atoms with Gasteiger partial charge in [0.2, 0.25) is 0 Å². The minimum Gasteiger partial charge on any atom is -1.00 e. The number of rotatable bonds is 0. The molecule has 0 aliphatic heterocycles. The molecule has 0 unspecified atom stereocenters. The molecule has 0 aliphatic carbocycles. The molecular formula is C8H11IMg. The number of aryl methyl sites for hydroxylation is 2. The molecule has 0 nitrogen and oxygen atoms in total. The zero-order valence-electron chi connectivity index (χ0n) is 8.32. The summed E-state index contributed by atoms with van der Waals surface area (Å²) >= 11 is 2.34. The van der Waals surface area contributed by atoms with E-state index in [1.165, 1.54) is 14.7 Å². The van der Waals surface area contributed by atoms with Gasteiger partial charge in [-0.1, -0.05) is 17.7 Å². The molecule has 1 aromatic rings. The van der Waals surface area contributed by atoms with Crippen molar-refractivity contribution in [1.82, 2.24) is 0 Å². The molecular weight excluding hydrogens is 247 g/mol. The van der Waals surface area contributed by atoms with E-state index in [0.717, 1.165) is 0 Å². The monoisotopic (exact) mass is 258 g/mol. The quantitative estimate of drug-likeness (QED) is 0.496. The molecule has 0 amide bonds. The summed E-state index contributed by atoms with van der Waals surface area (Å²) in [5, 5.41) is 0. The molecule has 0 aliphatic rings. The molecule has 0 heterocycles. The van der Waals surface area contributed by atoms with Gasteiger partial charge >= 0.3 is 23.1 Å². The first kappa shape index (κ1) is 10.7. The van der Waals surface area contributed by atoms with Crippen molar-refractivity contribution in [2.45, 2.75) is 13.8 Å². The summed E-state index contributed by atoms with van der Waals surface area (Å²) in [6, 6.07) is 6.47. The van der Waals surface area contributed by atoms with Gasteiger partial charge in [0, 0.05) is 3.57 Å². The zero-order valence-corrected chi connectivity index (χ0v) is 9.89. The smallest absolute Gasteiger partial charge is 1.00 e. The van der Waals surface area contributed by atoms with Gasteiger partial charge in [-0.15, -0.1) is 0 Å². The number of hydrogen-bond donors (Lipinski definition) is 0. The minimum absolute atomic E-state index is 0.